The van der Waals surface area contributed by atoms with Crippen LogP contribution in [0.5, 0.6) is 0 Å². The number of methoxy groups -OCH3 is 1. The Morgan fingerprint density at radius 2 is 2.45 bits per heavy atom. The molecule has 1 aliphatic rings. The van der Waals surface area contributed by atoms with Crippen molar-refractivity contribution < 1.29 is 9.47 Å². The van der Waals surface area contributed by atoms with E-state index < -0.39 is 0 Å². The van der Waals surface area contributed by atoms with Crippen LogP contribution < -0.4 is 0 Å². The van der Waals surface area contributed by atoms with Crippen LogP contribution in [-0.2, 0) is 9.47 Å². The molecule has 0 spiro atoms. The van der Waals surface area contributed by atoms with E-state index in [1.807, 2.05) is 0 Å². The van der Waals surface area contributed by atoms with Crippen molar-refractivity contribution >= 4 is 0 Å². The Balaban J connectivity index is 2.33. The summed E-state index contributed by atoms with van der Waals surface area (Å²) in [5, 5.41) is 0. The summed E-state index contributed by atoms with van der Waals surface area (Å²) < 4.78 is 10.3. The van der Waals surface area contributed by atoms with Crippen molar-refractivity contribution in [3.05, 3.63) is 12.3 Å². The maximum absolute atomic E-state index is 5.20. The van der Waals surface area contributed by atoms with Crippen LogP contribution in [0.3, 0.4) is 0 Å². The molecule has 0 saturated heterocycles. The summed E-state index contributed by atoms with van der Waals surface area (Å²) in [4.78, 5) is 0. The van der Waals surface area contributed by atoms with E-state index in [4.69, 9.17) is 9.47 Å². The predicted octanol–water partition coefficient (Wildman–Crippen LogP) is 2.31. The summed E-state index contributed by atoms with van der Waals surface area (Å²) in [6, 6.07) is 0. The molecular formula is C9H16O2. The number of rotatable bonds is 3. The Kier molecular flexibility index (Phi) is 3.43. The van der Waals surface area contributed by atoms with Gasteiger partial charge in [0.05, 0.1) is 6.26 Å². The minimum absolute atomic E-state index is 0.0171. The lowest BCUT2D eigenvalue weighted by molar-refractivity contribution is -0.101. The average Bonchev–Trinajstić information content (AvgIpc) is 2.06. The van der Waals surface area contributed by atoms with Gasteiger partial charge in [-0.05, 0) is 18.4 Å². The SMILES string of the molecule is CCCC1C=COC(OC)C1. The van der Waals surface area contributed by atoms with E-state index in [1.165, 1.54) is 12.8 Å². The van der Waals surface area contributed by atoms with Gasteiger partial charge in [0.25, 0.3) is 0 Å². The van der Waals surface area contributed by atoms with Crippen LogP contribution in [0.2, 0.25) is 0 Å². The second-order valence-electron chi connectivity index (χ2n) is 2.91. The highest BCUT2D eigenvalue weighted by atomic mass is 16.7. The van der Waals surface area contributed by atoms with Crippen molar-refractivity contribution in [3.63, 3.8) is 0 Å². The van der Waals surface area contributed by atoms with Gasteiger partial charge in [-0.2, -0.15) is 0 Å². The molecule has 0 saturated carbocycles. The van der Waals surface area contributed by atoms with Crippen LogP contribution >= 0.6 is 0 Å². The molecule has 0 N–H and O–H groups in total. The first-order chi connectivity index (χ1) is 5.36. The molecule has 2 atom stereocenters. The maximum Gasteiger partial charge on any atom is 0.199 e. The van der Waals surface area contributed by atoms with Gasteiger partial charge in [0, 0.05) is 13.5 Å². The molecule has 0 aliphatic carbocycles. The summed E-state index contributed by atoms with van der Waals surface area (Å²) >= 11 is 0. The molecule has 1 heterocycles. The fraction of sp³-hybridized carbons (Fsp3) is 0.778. The molecule has 0 radical (unpaired) electrons. The van der Waals surface area contributed by atoms with Gasteiger partial charge in [-0.15, -0.1) is 0 Å². The topological polar surface area (TPSA) is 18.5 Å². The lowest BCUT2D eigenvalue weighted by atomic mass is 9.98. The van der Waals surface area contributed by atoms with Gasteiger partial charge in [-0.1, -0.05) is 13.3 Å². The quantitative estimate of drug-likeness (QED) is 0.624. The van der Waals surface area contributed by atoms with Crippen LogP contribution in [0, 0.1) is 5.92 Å². The van der Waals surface area contributed by atoms with E-state index in [-0.39, 0.29) is 6.29 Å². The number of ether oxygens (including phenoxy) is 2. The monoisotopic (exact) mass is 156 g/mol. The third-order valence-corrected chi connectivity index (χ3v) is 2.00. The minimum atomic E-state index is -0.0171. The summed E-state index contributed by atoms with van der Waals surface area (Å²) in [5.41, 5.74) is 0. The van der Waals surface area contributed by atoms with Crippen molar-refractivity contribution in [2.45, 2.75) is 32.5 Å². The standard InChI is InChI=1S/C9H16O2/c1-3-4-8-5-6-11-9(7-8)10-2/h5-6,8-9H,3-4,7H2,1-2H3. The molecule has 2 unspecified atom stereocenters. The number of allylic oxidation sites excluding steroid dienone is 1. The molecule has 0 aromatic rings. The first kappa shape index (κ1) is 8.60. The van der Waals surface area contributed by atoms with Gasteiger partial charge in [-0.25, -0.2) is 0 Å². The zero-order chi connectivity index (χ0) is 8.10. The van der Waals surface area contributed by atoms with Gasteiger partial charge in [-0.3, -0.25) is 0 Å². The maximum atomic E-state index is 5.20. The first-order valence-electron chi connectivity index (χ1n) is 4.21. The third-order valence-electron chi connectivity index (χ3n) is 2.00. The normalized spacial score (nSPS) is 30.0. The van der Waals surface area contributed by atoms with E-state index >= 15 is 0 Å². The lowest BCUT2D eigenvalue weighted by Crippen LogP contribution is -2.20. The smallest absolute Gasteiger partial charge is 0.199 e. The van der Waals surface area contributed by atoms with Gasteiger partial charge >= 0.3 is 0 Å². The first-order valence-corrected chi connectivity index (χ1v) is 4.21. The third kappa shape index (κ3) is 2.54. The second kappa shape index (κ2) is 4.39. The van der Waals surface area contributed by atoms with Crippen LogP contribution in [0.15, 0.2) is 12.3 Å². The minimum Gasteiger partial charge on any atom is -0.473 e. The van der Waals surface area contributed by atoms with Crippen molar-refractivity contribution in [2.75, 3.05) is 7.11 Å². The molecule has 0 bridgehead atoms. The van der Waals surface area contributed by atoms with Gasteiger partial charge < -0.3 is 9.47 Å². The Labute approximate surface area is 68.2 Å². The summed E-state index contributed by atoms with van der Waals surface area (Å²) in [6.45, 7) is 2.20. The van der Waals surface area contributed by atoms with Crippen LogP contribution in [-0.4, -0.2) is 13.4 Å². The molecule has 1 aliphatic heterocycles. The molecule has 64 valence electrons. The molecule has 0 amide bonds. The van der Waals surface area contributed by atoms with Crippen LogP contribution in [0.25, 0.3) is 0 Å². The Bertz CT molecular complexity index is 132. The van der Waals surface area contributed by atoms with Crippen molar-refractivity contribution in [2.24, 2.45) is 5.92 Å². The molecule has 1 rings (SSSR count). The Morgan fingerprint density at radius 3 is 3.09 bits per heavy atom. The highest BCUT2D eigenvalue weighted by molar-refractivity contribution is 4.87. The number of hydrogen-bond donors (Lipinski definition) is 0. The largest absolute Gasteiger partial charge is 0.473 e. The second-order valence-corrected chi connectivity index (χ2v) is 2.91. The molecule has 2 heteroatoms. The molecule has 2 nitrogen and oxygen atoms in total. The zero-order valence-electron chi connectivity index (χ0n) is 7.25. The molecule has 0 aromatic heterocycles. The van der Waals surface area contributed by atoms with E-state index in [2.05, 4.69) is 13.0 Å². The zero-order valence-corrected chi connectivity index (χ0v) is 7.25. The Morgan fingerprint density at radius 1 is 1.64 bits per heavy atom. The van der Waals surface area contributed by atoms with Gasteiger partial charge in [0.2, 0.25) is 0 Å². The van der Waals surface area contributed by atoms with Crippen molar-refractivity contribution in [1.82, 2.24) is 0 Å². The lowest BCUT2D eigenvalue weighted by Gasteiger charge is -2.23. The fourth-order valence-electron chi connectivity index (χ4n) is 1.36. The fourth-order valence-corrected chi connectivity index (χ4v) is 1.36. The van der Waals surface area contributed by atoms with E-state index in [9.17, 15) is 0 Å². The predicted molar refractivity (Wildman–Crippen MR) is 44.0 cm³/mol. The molecular weight excluding hydrogens is 140 g/mol. The number of hydrogen-bond acceptors (Lipinski definition) is 2. The molecule has 0 aromatic carbocycles. The van der Waals surface area contributed by atoms with Crippen LogP contribution in [0.1, 0.15) is 26.2 Å². The van der Waals surface area contributed by atoms with Crippen molar-refractivity contribution in [3.8, 4) is 0 Å². The van der Waals surface area contributed by atoms with Gasteiger partial charge in [0.15, 0.2) is 6.29 Å². The highest BCUT2D eigenvalue weighted by Crippen LogP contribution is 2.21. The summed E-state index contributed by atoms with van der Waals surface area (Å²) in [6.07, 6.45) is 7.33. The highest BCUT2D eigenvalue weighted by Gasteiger charge is 2.17. The van der Waals surface area contributed by atoms with E-state index in [0.717, 1.165) is 6.42 Å². The summed E-state index contributed by atoms with van der Waals surface area (Å²) in [7, 11) is 1.69. The van der Waals surface area contributed by atoms with E-state index in [1.54, 1.807) is 13.4 Å². The van der Waals surface area contributed by atoms with Gasteiger partial charge in [0.1, 0.15) is 0 Å². The van der Waals surface area contributed by atoms with E-state index in [0.29, 0.717) is 5.92 Å². The van der Waals surface area contributed by atoms with Crippen LogP contribution in [0.4, 0.5) is 0 Å². The molecule has 0 fully saturated rings. The van der Waals surface area contributed by atoms with Crippen molar-refractivity contribution in [1.29, 1.82) is 0 Å². The summed E-state index contributed by atoms with van der Waals surface area (Å²) in [5.74, 6) is 0.652. The molecule has 11 heavy (non-hydrogen) atoms. The average molecular weight is 156 g/mol. The Hall–Kier alpha value is -0.500.